The van der Waals surface area contributed by atoms with Crippen molar-refractivity contribution in [2.24, 2.45) is 0 Å². The maximum atomic E-state index is 12.0. The minimum atomic E-state index is 0.0806. The van der Waals surface area contributed by atoms with Crippen LogP contribution in [0.4, 0.5) is 0 Å². The monoisotopic (exact) mass is 209 g/mol. The lowest BCUT2D eigenvalue weighted by molar-refractivity contribution is -0.127. The minimum absolute atomic E-state index is 0.0806. The van der Waals surface area contributed by atoms with Crippen molar-refractivity contribution in [2.75, 3.05) is 33.2 Å². The van der Waals surface area contributed by atoms with Crippen LogP contribution in [0.25, 0.3) is 0 Å². The Kier molecular flexibility index (Phi) is 4.90. The van der Waals surface area contributed by atoms with E-state index in [1.165, 1.54) is 0 Å². The molecule has 4 nitrogen and oxygen atoms in total. The molecule has 0 aliphatic carbocycles. The minimum Gasteiger partial charge on any atom is -0.377 e. The van der Waals surface area contributed by atoms with Crippen molar-refractivity contribution in [1.82, 2.24) is 15.5 Å². The van der Waals surface area contributed by atoms with E-state index in [1.807, 2.05) is 37.1 Å². The predicted molar refractivity (Wildman–Crippen MR) is 61.4 cm³/mol. The van der Waals surface area contributed by atoms with Gasteiger partial charge >= 0.3 is 0 Å². The fourth-order valence-electron chi connectivity index (χ4n) is 1.43. The number of amides is 1. The molecule has 0 spiro atoms. The number of likely N-dealkylation sites (N-methyl/N-ethyl adjacent to an activating group) is 2. The van der Waals surface area contributed by atoms with Crippen molar-refractivity contribution < 1.29 is 4.79 Å². The largest absolute Gasteiger partial charge is 0.377 e. The molecule has 0 unspecified atom stereocenters. The molecule has 4 heteroatoms. The van der Waals surface area contributed by atoms with Gasteiger partial charge < -0.3 is 15.5 Å². The van der Waals surface area contributed by atoms with Crippen molar-refractivity contribution in [3.63, 3.8) is 0 Å². The van der Waals surface area contributed by atoms with Crippen molar-refractivity contribution in [2.45, 2.75) is 6.92 Å². The second kappa shape index (κ2) is 6.24. The molecule has 1 amide bonds. The number of allylic oxidation sites excluding steroid dienone is 2. The number of carbonyl (C=O) groups excluding carboxylic acids is 1. The molecule has 1 aliphatic heterocycles. The average Bonchev–Trinajstić information content (AvgIpc) is 2.31. The molecule has 1 heterocycles. The molecule has 2 N–H and O–H groups in total. The van der Waals surface area contributed by atoms with Gasteiger partial charge in [0, 0.05) is 26.2 Å². The fourth-order valence-corrected chi connectivity index (χ4v) is 1.43. The summed E-state index contributed by atoms with van der Waals surface area (Å²) in [6, 6.07) is 0. The zero-order valence-corrected chi connectivity index (χ0v) is 9.42. The highest BCUT2D eigenvalue weighted by molar-refractivity contribution is 5.93. The van der Waals surface area contributed by atoms with E-state index in [2.05, 4.69) is 10.6 Å². The van der Waals surface area contributed by atoms with Crippen LogP contribution in [0.1, 0.15) is 6.92 Å². The van der Waals surface area contributed by atoms with Crippen LogP contribution in [-0.2, 0) is 4.79 Å². The fraction of sp³-hybridized carbons (Fsp3) is 0.545. The van der Waals surface area contributed by atoms with E-state index in [1.54, 1.807) is 0 Å². The molecule has 0 bridgehead atoms. The molecule has 15 heavy (non-hydrogen) atoms. The molecule has 0 aromatic carbocycles. The Morgan fingerprint density at radius 1 is 1.67 bits per heavy atom. The zero-order chi connectivity index (χ0) is 11.1. The smallest absolute Gasteiger partial charge is 0.269 e. The van der Waals surface area contributed by atoms with Gasteiger partial charge in [-0.15, -0.1) is 0 Å². The average molecular weight is 209 g/mol. The Bertz CT molecular complexity index is 271. The van der Waals surface area contributed by atoms with E-state index in [0.717, 1.165) is 26.2 Å². The van der Waals surface area contributed by atoms with E-state index in [9.17, 15) is 4.79 Å². The van der Waals surface area contributed by atoms with Crippen LogP contribution >= 0.6 is 0 Å². The second-order valence-electron chi connectivity index (χ2n) is 3.38. The number of hydrogen-bond acceptors (Lipinski definition) is 3. The van der Waals surface area contributed by atoms with Crippen LogP contribution in [0.5, 0.6) is 0 Å². The summed E-state index contributed by atoms with van der Waals surface area (Å²) in [6.07, 6.45) is 5.73. The van der Waals surface area contributed by atoms with Crippen LogP contribution < -0.4 is 10.6 Å². The first-order valence-electron chi connectivity index (χ1n) is 5.34. The van der Waals surface area contributed by atoms with Crippen molar-refractivity contribution in [3.05, 3.63) is 23.9 Å². The first kappa shape index (κ1) is 11.8. The standard InChI is InChI=1S/C11H19N3O/c1-3-14(9-8-12-2)11(15)10-6-4-5-7-13-10/h4-6,12-13H,3,7-9H2,1-2H3. The Labute approximate surface area is 91.0 Å². The van der Waals surface area contributed by atoms with Gasteiger partial charge in [-0.1, -0.05) is 12.2 Å². The summed E-state index contributed by atoms with van der Waals surface area (Å²) in [6.45, 7) is 5.04. The molecule has 1 aliphatic rings. The highest BCUT2D eigenvalue weighted by Gasteiger charge is 2.16. The quantitative estimate of drug-likeness (QED) is 0.675. The molecule has 1 rings (SSSR count). The molecule has 0 fully saturated rings. The van der Waals surface area contributed by atoms with E-state index >= 15 is 0 Å². The molecule has 0 aromatic rings. The maximum absolute atomic E-state index is 12.0. The number of nitrogens with zero attached hydrogens (tertiary/aromatic N) is 1. The van der Waals surface area contributed by atoms with Crippen molar-refractivity contribution in [1.29, 1.82) is 0 Å². The first-order valence-corrected chi connectivity index (χ1v) is 5.34. The number of rotatable bonds is 5. The van der Waals surface area contributed by atoms with Gasteiger partial charge in [0.05, 0.1) is 0 Å². The summed E-state index contributed by atoms with van der Waals surface area (Å²) in [7, 11) is 1.89. The molecule has 0 atom stereocenters. The SMILES string of the molecule is CCN(CCNC)C(=O)C1=CC=CCN1. The van der Waals surface area contributed by atoms with Gasteiger partial charge in [-0.25, -0.2) is 0 Å². The van der Waals surface area contributed by atoms with Crippen molar-refractivity contribution >= 4 is 5.91 Å². The summed E-state index contributed by atoms with van der Waals surface area (Å²) < 4.78 is 0. The third kappa shape index (κ3) is 3.40. The number of dihydropyridines is 1. The van der Waals surface area contributed by atoms with Crippen LogP contribution in [0.15, 0.2) is 23.9 Å². The lowest BCUT2D eigenvalue weighted by Crippen LogP contribution is -2.40. The summed E-state index contributed by atoms with van der Waals surface area (Å²) in [4.78, 5) is 13.8. The summed E-state index contributed by atoms with van der Waals surface area (Å²) in [5, 5.41) is 6.12. The van der Waals surface area contributed by atoms with Gasteiger partial charge in [0.2, 0.25) is 0 Å². The normalized spacial score (nSPS) is 14.4. The van der Waals surface area contributed by atoms with Gasteiger partial charge in [-0.2, -0.15) is 0 Å². The van der Waals surface area contributed by atoms with Gasteiger partial charge in [0.15, 0.2) is 0 Å². The highest BCUT2D eigenvalue weighted by Crippen LogP contribution is 2.02. The van der Waals surface area contributed by atoms with Crippen LogP contribution in [-0.4, -0.2) is 44.0 Å². The lowest BCUT2D eigenvalue weighted by Gasteiger charge is -2.23. The molecular weight excluding hydrogens is 190 g/mol. The Morgan fingerprint density at radius 2 is 2.47 bits per heavy atom. The molecule has 84 valence electrons. The number of hydrogen-bond donors (Lipinski definition) is 2. The third-order valence-electron chi connectivity index (χ3n) is 2.34. The summed E-state index contributed by atoms with van der Waals surface area (Å²) in [5.74, 6) is 0.0806. The molecule has 0 saturated carbocycles. The topological polar surface area (TPSA) is 44.4 Å². The van der Waals surface area contributed by atoms with Crippen LogP contribution in [0, 0.1) is 0 Å². The molecule has 0 radical (unpaired) electrons. The van der Waals surface area contributed by atoms with Crippen molar-refractivity contribution in [3.8, 4) is 0 Å². The molecule has 0 aromatic heterocycles. The van der Waals surface area contributed by atoms with Gasteiger partial charge in [-0.05, 0) is 20.0 Å². The molecular formula is C11H19N3O. The Balaban J connectivity index is 2.55. The van der Waals surface area contributed by atoms with Crippen LogP contribution in [0.3, 0.4) is 0 Å². The van der Waals surface area contributed by atoms with E-state index in [-0.39, 0.29) is 5.91 Å². The van der Waals surface area contributed by atoms with Gasteiger partial charge in [-0.3, -0.25) is 4.79 Å². The van der Waals surface area contributed by atoms with Crippen LogP contribution in [0.2, 0.25) is 0 Å². The number of nitrogens with one attached hydrogen (secondary N) is 2. The summed E-state index contributed by atoms with van der Waals surface area (Å²) in [5.41, 5.74) is 0.690. The first-order chi connectivity index (χ1) is 7.29. The Morgan fingerprint density at radius 3 is 3.00 bits per heavy atom. The van der Waals surface area contributed by atoms with Gasteiger partial charge in [0.1, 0.15) is 5.70 Å². The maximum Gasteiger partial charge on any atom is 0.269 e. The lowest BCUT2D eigenvalue weighted by atomic mass is 10.2. The third-order valence-corrected chi connectivity index (χ3v) is 2.34. The Hall–Kier alpha value is -1.29. The van der Waals surface area contributed by atoms with Gasteiger partial charge in [0.25, 0.3) is 5.91 Å². The number of carbonyl (C=O) groups is 1. The van der Waals surface area contributed by atoms with E-state index in [0.29, 0.717) is 5.70 Å². The van der Waals surface area contributed by atoms with E-state index < -0.39 is 0 Å². The molecule has 0 saturated heterocycles. The summed E-state index contributed by atoms with van der Waals surface area (Å²) >= 11 is 0. The highest BCUT2D eigenvalue weighted by atomic mass is 16.2. The zero-order valence-electron chi connectivity index (χ0n) is 9.42. The van der Waals surface area contributed by atoms with E-state index in [4.69, 9.17) is 0 Å². The predicted octanol–water partition coefficient (Wildman–Crippen LogP) is 0.0976. The second-order valence-corrected chi connectivity index (χ2v) is 3.38.